The second kappa shape index (κ2) is 2.66. The minimum Gasteiger partial charge on any atom is -0.448 e. The highest BCUT2D eigenvalue weighted by Crippen LogP contribution is 2.20. The molecule has 0 spiro atoms. The van der Waals surface area contributed by atoms with Crippen LogP contribution in [-0.2, 0) is 0 Å². The van der Waals surface area contributed by atoms with Crippen molar-refractivity contribution in [2.45, 2.75) is 19.3 Å². The molecule has 0 aliphatic carbocycles. The van der Waals surface area contributed by atoms with Crippen molar-refractivity contribution in [3.63, 3.8) is 0 Å². The molecule has 1 aromatic heterocycles. The molecule has 3 nitrogen and oxygen atoms in total. The van der Waals surface area contributed by atoms with Crippen LogP contribution in [0, 0.1) is 6.92 Å². The summed E-state index contributed by atoms with van der Waals surface area (Å²) in [6.45, 7) is 4.06. The van der Waals surface area contributed by atoms with E-state index in [1.807, 2.05) is 6.92 Å². The molecule has 60 valence electrons. The molecule has 0 aromatic carbocycles. The Labute approximate surface area is 65.8 Å². The molecule has 1 aliphatic heterocycles. The summed E-state index contributed by atoms with van der Waals surface area (Å²) in [7, 11) is 0. The zero-order chi connectivity index (χ0) is 7.68. The lowest BCUT2D eigenvalue weighted by Crippen LogP contribution is -2.08. The normalized spacial score (nSPS) is 24.3. The first kappa shape index (κ1) is 6.85. The molecule has 2 rings (SSSR count). The van der Waals surface area contributed by atoms with Crippen LogP contribution in [0.4, 0.5) is 0 Å². The van der Waals surface area contributed by atoms with Gasteiger partial charge in [0.05, 0.1) is 5.69 Å². The molecular formula is C8H12N2O. The van der Waals surface area contributed by atoms with Crippen LogP contribution >= 0.6 is 0 Å². The third-order valence-corrected chi connectivity index (χ3v) is 2.05. The summed E-state index contributed by atoms with van der Waals surface area (Å²) < 4.78 is 5.30. The van der Waals surface area contributed by atoms with E-state index in [1.54, 1.807) is 6.26 Å². The fourth-order valence-electron chi connectivity index (χ4n) is 1.43. The van der Waals surface area contributed by atoms with Crippen molar-refractivity contribution in [1.82, 2.24) is 10.3 Å². The predicted octanol–water partition coefficient (Wildman–Crippen LogP) is 1.06. The second-order valence-electron chi connectivity index (χ2n) is 3.02. The summed E-state index contributed by atoms with van der Waals surface area (Å²) in [5, 5.41) is 3.28. The first-order valence-electron chi connectivity index (χ1n) is 3.99. The number of oxazole rings is 1. The van der Waals surface area contributed by atoms with E-state index >= 15 is 0 Å². The third-order valence-electron chi connectivity index (χ3n) is 2.05. The van der Waals surface area contributed by atoms with Gasteiger partial charge < -0.3 is 9.73 Å². The van der Waals surface area contributed by atoms with Crippen molar-refractivity contribution in [3.8, 4) is 0 Å². The van der Waals surface area contributed by atoms with Gasteiger partial charge in [-0.05, 0) is 19.9 Å². The van der Waals surface area contributed by atoms with E-state index in [4.69, 9.17) is 4.42 Å². The zero-order valence-electron chi connectivity index (χ0n) is 6.63. The van der Waals surface area contributed by atoms with E-state index in [9.17, 15) is 0 Å². The highest BCUT2D eigenvalue weighted by molar-refractivity contribution is 5.01. The van der Waals surface area contributed by atoms with Crippen molar-refractivity contribution >= 4 is 0 Å². The van der Waals surface area contributed by atoms with Crippen LogP contribution in [0.3, 0.4) is 0 Å². The van der Waals surface area contributed by atoms with Crippen LogP contribution in [0.25, 0.3) is 0 Å². The van der Waals surface area contributed by atoms with E-state index in [1.165, 1.54) is 0 Å². The maximum Gasteiger partial charge on any atom is 0.198 e. The number of hydrogen-bond donors (Lipinski definition) is 1. The van der Waals surface area contributed by atoms with Crippen molar-refractivity contribution in [1.29, 1.82) is 0 Å². The maximum absolute atomic E-state index is 5.30. The lowest BCUT2D eigenvalue weighted by Gasteiger charge is -1.99. The lowest BCUT2D eigenvalue weighted by molar-refractivity contribution is 0.457. The van der Waals surface area contributed by atoms with E-state index in [0.717, 1.165) is 31.1 Å². The van der Waals surface area contributed by atoms with Crippen molar-refractivity contribution in [2.75, 3.05) is 13.1 Å². The Balaban J connectivity index is 2.15. The Kier molecular flexibility index (Phi) is 1.66. The number of nitrogens with zero attached hydrogens (tertiary/aromatic N) is 1. The molecule has 1 N–H and O–H groups in total. The van der Waals surface area contributed by atoms with Crippen molar-refractivity contribution < 1.29 is 4.42 Å². The van der Waals surface area contributed by atoms with Gasteiger partial charge in [0.15, 0.2) is 5.89 Å². The molecule has 3 heteroatoms. The third kappa shape index (κ3) is 1.28. The Morgan fingerprint density at radius 1 is 1.73 bits per heavy atom. The van der Waals surface area contributed by atoms with Crippen molar-refractivity contribution in [2.24, 2.45) is 0 Å². The molecule has 0 radical (unpaired) electrons. The number of hydrogen-bond acceptors (Lipinski definition) is 3. The average molecular weight is 152 g/mol. The second-order valence-corrected chi connectivity index (χ2v) is 3.02. The Bertz CT molecular complexity index is 238. The highest BCUT2D eigenvalue weighted by Gasteiger charge is 2.20. The average Bonchev–Trinajstić information content (AvgIpc) is 2.55. The van der Waals surface area contributed by atoms with Gasteiger partial charge in [-0.3, -0.25) is 0 Å². The fraction of sp³-hybridized carbons (Fsp3) is 0.625. The van der Waals surface area contributed by atoms with Gasteiger partial charge in [-0.25, -0.2) is 4.98 Å². The summed E-state index contributed by atoms with van der Waals surface area (Å²) in [5.74, 6) is 1.40. The zero-order valence-corrected chi connectivity index (χ0v) is 6.63. The summed E-state index contributed by atoms with van der Waals surface area (Å²) in [6, 6.07) is 0. The standard InChI is InChI=1S/C8H12N2O/c1-6-5-11-8(10-6)7-2-3-9-4-7/h5,7,9H,2-4H2,1H3. The summed E-state index contributed by atoms with van der Waals surface area (Å²) in [4.78, 5) is 4.29. The van der Waals surface area contributed by atoms with Gasteiger partial charge in [0.1, 0.15) is 6.26 Å². The van der Waals surface area contributed by atoms with Crippen molar-refractivity contribution in [3.05, 3.63) is 17.8 Å². The van der Waals surface area contributed by atoms with Gasteiger partial charge in [0.25, 0.3) is 0 Å². The first-order chi connectivity index (χ1) is 5.36. The number of rotatable bonds is 1. The smallest absolute Gasteiger partial charge is 0.198 e. The quantitative estimate of drug-likeness (QED) is 0.654. The number of aromatic nitrogens is 1. The molecule has 1 aromatic rings. The summed E-state index contributed by atoms with van der Waals surface area (Å²) in [6.07, 6.45) is 2.87. The molecule has 0 bridgehead atoms. The maximum atomic E-state index is 5.30. The topological polar surface area (TPSA) is 38.1 Å². The van der Waals surface area contributed by atoms with Crippen LogP contribution in [-0.4, -0.2) is 18.1 Å². The molecule has 0 saturated carbocycles. The monoisotopic (exact) mass is 152 g/mol. The Morgan fingerprint density at radius 3 is 3.18 bits per heavy atom. The largest absolute Gasteiger partial charge is 0.448 e. The highest BCUT2D eigenvalue weighted by atomic mass is 16.3. The number of nitrogens with one attached hydrogen (secondary N) is 1. The summed E-state index contributed by atoms with van der Waals surface area (Å²) >= 11 is 0. The minimum atomic E-state index is 0.503. The van der Waals surface area contributed by atoms with Gasteiger partial charge in [0.2, 0.25) is 0 Å². The lowest BCUT2D eigenvalue weighted by atomic mass is 10.1. The van der Waals surface area contributed by atoms with Gasteiger partial charge in [-0.2, -0.15) is 0 Å². The molecule has 1 saturated heterocycles. The van der Waals surface area contributed by atoms with Crippen LogP contribution in [0.15, 0.2) is 10.7 Å². The SMILES string of the molecule is Cc1coc(C2CCNC2)n1. The molecule has 1 aliphatic rings. The fourth-order valence-corrected chi connectivity index (χ4v) is 1.43. The van der Waals surface area contributed by atoms with Crippen LogP contribution in [0.1, 0.15) is 23.9 Å². The van der Waals surface area contributed by atoms with Gasteiger partial charge in [-0.1, -0.05) is 0 Å². The molecule has 1 fully saturated rings. The molecule has 11 heavy (non-hydrogen) atoms. The first-order valence-corrected chi connectivity index (χ1v) is 3.99. The summed E-state index contributed by atoms with van der Waals surface area (Å²) in [5.41, 5.74) is 0.979. The molecule has 1 unspecified atom stereocenters. The molecule has 2 heterocycles. The van der Waals surface area contributed by atoms with Gasteiger partial charge in [0, 0.05) is 12.5 Å². The Hall–Kier alpha value is -0.830. The molecule has 0 amide bonds. The van der Waals surface area contributed by atoms with Gasteiger partial charge in [-0.15, -0.1) is 0 Å². The van der Waals surface area contributed by atoms with Crippen LogP contribution in [0.2, 0.25) is 0 Å². The predicted molar refractivity (Wildman–Crippen MR) is 41.5 cm³/mol. The van der Waals surface area contributed by atoms with Crippen LogP contribution in [0.5, 0.6) is 0 Å². The van der Waals surface area contributed by atoms with Gasteiger partial charge >= 0.3 is 0 Å². The van der Waals surface area contributed by atoms with E-state index in [2.05, 4.69) is 10.3 Å². The molecular weight excluding hydrogens is 140 g/mol. The Morgan fingerprint density at radius 2 is 2.64 bits per heavy atom. The van der Waals surface area contributed by atoms with E-state index < -0.39 is 0 Å². The number of aryl methyl sites for hydroxylation is 1. The minimum absolute atomic E-state index is 0.503. The van der Waals surface area contributed by atoms with Crippen LogP contribution < -0.4 is 5.32 Å². The molecule has 1 atom stereocenters. The van der Waals surface area contributed by atoms with E-state index in [-0.39, 0.29) is 0 Å². The van der Waals surface area contributed by atoms with E-state index in [0.29, 0.717) is 5.92 Å².